The summed E-state index contributed by atoms with van der Waals surface area (Å²) in [5, 5.41) is 0. The van der Waals surface area contributed by atoms with Crippen LogP contribution in [0.1, 0.15) is 18.0 Å². The molecule has 1 saturated heterocycles. The van der Waals surface area contributed by atoms with Gasteiger partial charge in [-0.05, 0) is 50.7 Å². The highest BCUT2D eigenvalue weighted by molar-refractivity contribution is 5.24. The van der Waals surface area contributed by atoms with Gasteiger partial charge < -0.3 is 5.73 Å². The van der Waals surface area contributed by atoms with E-state index in [1.54, 1.807) is 0 Å². The summed E-state index contributed by atoms with van der Waals surface area (Å²) >= 11 is 0. The SMILES string of the molecule is CN1CCC(CN)C1c1cc(F)ccc1F. The lowest BCUT2D eigenvalue weighted by molar-refractivity contribution is 0.271. The molecular weight excluding hydrogens is 210 g/mol. The quantitative estimate of drug-likeness (QED) is 0.834. The first-order valence-electron chi connectivity index (χ1n) is 5.48. The molecule has 2 rings (SSSR count). The molecule has 0 saturated carbocycles. The fourth-order valence-electron chi connectivity index (χ4n) is 2.51. The van der Waals surface area contributed by atoms with E-state index < -0.39 is 5.82 Å². The molecule has 0 aliphatic carbocycles. The van der Waals surface area contributed by atoms with E-state index >= 15 is 0 Å². The molecule has 1 fully saturated rings. The number of rotatable bonds is 2. The van der Waals surface area contributed by atoms with Gasteiger partial charge in [-0.2, -0.15) is 0 Å². The first kappa shape index (κ1) is 11.5. The lowest BCUT2D eigenvalue weighted by Gasteiger charge is -2.25. The number of nitrogens with two attached hydrogens (primary N) is 1. The smallest absolute Gasteiger partial charge is 0.128 e. The minimum absolute atomic E-state index is 0.0966. The Hall–Kier alpha value is -1.00. The fraction of sp³-hybridized carbons (Fsp3) is 0.500. The highest BCUT2D eigenvalue weighted by Gasteiger charge is 2.33. The predicted octanol–water partition coefficient (Wildman–Crippen LogP) is 1.92. The minimum atomic E-state index is -0.396. The normalized spacial score (nSPS) is 26.2. The number of benzene rings is 1. The summed E-state index contributed by atoms with van der Waals surface area (Å²) in [5.41, 5.74) is 6.10. The van der Waals surface area contributed by atoms with Gasteiger partial charge in [-0.1, -0.05) is 0 Å². The Morgan fingerprint density at radius 3 is 2.88 bits per heavy atom. The van der Waals surface area contributed by atoms with Crippen LogP contribution in [0.4, 0.5) is 8.78 Å². The van der Waals surface area contributed by atoms with Crippen LogP contribution in [0.25, 0.3) is 0 Å². The van der Waals surface area contributed by atoms with Crippen LogP contribution >= 0.6 is 0 Å². The minimum Gasteiger partial charge on any atom is -0.330 e. The van der Waals surface area contributed by atoms with Crippen LogP contribution in [0.5, 0.6) is 0 Å². The number of hydrogen-bond donors (Lipinski definition) is 1. The van der Waals surface area contributed by atoms with Gasteiger partial charge in [0.25, 0.3) is 0 Å². The molecule has 0 bridgehead atoms. The number of nitrogens with zero attached hydrogens (tertiary/aromatic N) is 1. The fourth-order valence-corrected chi connectivity index (χ4v) is 2.51. The van der Waals surface area contributed by atoms with E-state index in [4.69, 9.17) is 5.73 Å². The van der Waals surface area contributed by atoms with E-state index in [1.807, 2.05) is 11.9 Å². The van der Waals surface area contributed by atoms with Crippen molar-refractivity contribution in [2.75, 3.05) is 20.1 Å². The molecule has 1 aliphatic rings. The second-order valence-electron chi connectivity index (χ2n) is 4.38. The lowest BCUT2D eigenvalue weighted by Crippen LogP contribution is -2.26. The maximum atomic E-state index is 13.7. The van der Waals surface area contributed by atoms with Crippen molar-refractivity contribution in [2.45, 2.75) is 12.5 Å². The molecule has 88 valence electrons. The highest BCUT2D eigenvalue weighted by Crippen LogP contribution is 2.36. The molecule has 0 spiro atoms. The summed E-state index contributed by atoms with van der Waals surface area (Å²) in [4.78, 5) is 2.04. The van der Waals surface area contributed by atoms with Crippen molar-refractivity contribution in [1.82, 2.24) is 4.90 Å². The van der Waals surface area contributed by atoms with Gasteiger partial charge in [0.15, 0.2) is 0 Å². The average Bonchev–Trinajstić information content (AvgIpc) is 2.63. The monoisotopic (exact) mass is 226 g/mol. The molecule has 2 nitrogen and oxygen atoms in total. The molecule has 2 atom stereocenters. The predicted molar refractivity (Wildman–Crippen MR) is 58.9 cm³/mol. The summed E-state index contributed by atoms with van der Waals surface area (Å²) in [6.07, 6.45) is 0.938. The van der Waals surface area contributed by atoms with Crippen LogP contribution < -0.4 is 5.73 Å². The standard InChI is InChI=1S/C12H16F2N2/c1-16-5-4-8(7-15)12(16)10-6-9(13)2-3-11(10)14/h2-3,6,8,12H,4-5,7,15H2,1H3. The second kappa shape index (κ2) is 4.47. The Kier molecular flexibility index (Phi) is 3.21. The molecule has 16 heavy (non-hydrogen) atoms. The second-order valence-corrected chi connectivity index (χ2v) is 4.38. The third-order valence-electron chi connectivity index (χ3n) is 3.35. The molecule has 4 heteroatoms. The van der Waals surface area contributed by atoms with Crippen molar-refractivity contribution in [3.05, 3.63) is 35.4 Å². The first-order valence-corrected chi connectivity index (χ1v) is 5.48. The van der Waals surface area contributed by atoms with Crippen molar-refractivity contribution >= 4 is 0 Å². The van der Waals surface area contributed by atoms with Gasteiger partial charge in [-0.15, -0.1) is 0 Å². The molecule has 1 heterocycles. The van der Waals surface area contributed by atoms with Gasteiger partial charge in [0.05, 0.1) is 0 Å². The topological polar surface area (TPSA) is 29.3 Å². The lowest BCUT2D eigenvalue weighted by atomic mass is 9.93. The summed E-state index contributed by atoms with van der Waals surface area (Å²) in [6, 6.07) is 3.51. The number of likely N-dealkylation sites (tertiary alicyclic amines) is 1. The highest BCUT2D eigenvalue weighted by atomic mass is 19.1. The zero-order chi connectivity index (χ0) is 11.7. The molecular formula is C12H16F2N2. The molecule has 0 aromatic heterocycles. The zero-order valence-electron chi connectivity index (χ0n) is 9.29. The summed E-state index contributed by atoms with van der Waals surface area (Å²) in [6.45, 7) is 1.38. The summed E-state index contributed by atoms with van der Waals surface area (Å²) in [7, 11) is 1.92. The molecule has 2 unspecified atom stereocenters. The largest absolute Gasteiger partial charge is 0.330 e. The summed E-state index contributed by atoms with van der Waals surface area (Å²) < 4.78 is 26.8. The maximum Gasteiger partial charge on any atom is 0.128 e. The maximum absolute atomic E-state index is 13.7. The molecule has 2 N–H and O–H groups in total. The Morgan fingerprint density at radius 2 is 2.19 bits per heavy atom. The van der Waals surface area contributed by atoms with Gasteiger partial charge in [0.2, 0.25) is 0 Å². The van der Waals surface area contributed by atoms with Crippen molar-refractivity contribution in [3.8, 4) is 0 Å². The van der Waals surface area contributed by atoms with E-state index in [1.165, 1.54) is 12.1 Å². The van der Waals surface area contributed by atoms with Crippen LogP contribution in [0.3, 0.4) is 0 Å². The zero-order valence-corrected chi connectivity index (χ0v) is 9.29. The molecule has 1 aliphatic heterocycles. The van der Waals surface area contributed by atoms with Crippen LogP contribution in [-0.2, 0) is 0 Å². The Bertz CT molecular complexity index is 381. The van der Waals surface area contributed by atoms with Gasteiger partial charge >= 0.3 is 0 Å². The average molecular weight is 226 g/mol. The van der Waals surface area contributed by atoms with Crippen molar-refractivity contribution in [2.24, 2.45) is 11.7 Å². The Morgan fingerprint density at radius 1 is 1.44 bits per heavy atom. The van der Waals surface area contributed by atoms with Gasteiger partial charge in [0.1, 0.15) is 11.6 Å². The molecule has 0 radical (unpaired) electrons. The van der Waals surface area contributed by atoms with E-state index in [2.05, 4.69) is 0 Å². The van der Waals surface area contributed by atoms with Crippen LogP contribution in [0.2, 0.25) is 0 Å². The Labute approximate surface area is 94.0 Å². The van der Waals surface area contributed by atoms with Crippen LogP contribution in [0.15, 0.2) is 18.2 Å². The molecule has 1 aromatic carbocycles. The first-order chi connectivity index (χ1) is 7.63. The number of hydrogen-bond acceptors (Lipinski definition) is 2. The van der Waals surface area contributed by atoms with Crippen molar-refractivity contribution < 1.29 is 8.78 Å². The van der Waals surface area contributed by atoms with E-state index in [0.29, 0.717) is 12.1 Å². The van der Waals surface area contributed by atoms with Crippen LogP contribution in [0, 0.1) is 17.6 Å². The van der Waals surface area contributed by atoms with Crippen molar-refractivity contribution in [3.63, 3.8) is 0 Å². The molecule has 0 amide bonds. The van der Waals surface area contributed by atoms with Crippen LogP contribution in [-0.4, -0.2) is 25.0 Å². The van der Waals surface area contributed by atoms with Crippen molar-refractivity contribution in [1.29, 1.82) is 0 Å². The van der Waals surface area contributed by atoms with E-state index in [-0.39, 0.29) is 17.8 Å². The Balaban J connectivity index is 2.37. The third-order valence-corrected chi connectivity index (χ3v) is 3.35. The van der Waals surface area contributed by atoms with Gasteiger partial charge in [0, 0.05) is 11.6 Å². The van der Waals surface area contributed by atoms with E-state index in [0.717, 1.165) is 19.0 Å². The molecule has 1 aromatic rings. The third kappa shape index (κ3) is 1.95. The number of halogens is 2. The van der Waals surface area contributed by atoms with Gasteiger partial charge in [-0.3, -0.25) is 4.90 Å². The van der Waals surface area contributed by atoms with Gasteiger partial charge in [-0.25, -0.2) is 8.78 Å². The summed E-state index contributed by atoms with van der Waals surface area (Å²) in [5.74, 6) is -0.535. The van der Waals surface area contributed by atoms with E-state index in [9.17, 15) is 8.78 Å².